The van der Waals surface area contributed by atoms with Crippen molar-refractivity contribution in [3.63, 3.8) is 0 Å². The molecule has 32 heavy (non-hydrogen) atoms. The first-order chi connectivity index (χ1) is 15.3. The number of hydrogen-bond acceptors (Lipinski definition) is 4. The number of rotatable bonds is 5. The van der Waals surface area contributed by atoms with Gasteiger partial charge in [-0.1, -0.05) is 41.4 Å². The number of nitrogens with zero attached hydrogens (tertiary/aromatic N) is 3. The van der Waals surface area contributed by atoms with Crippen molar-refractivity contribution >= 4 is 29.1 Å². The number of carbonyl (C=O) groups is 2. The number of halogens is 1. The first kappa shape index (κ1) is 22.5. The Balaban J connectivity index is 1.57. The van der Waals surface area contributed by atoms with E-state index < -0.39 is 0 Å². The van der Waals surface area contributed by atoms with E-state index in [1.165, 1.54) is 5.56 Å². The van der Waals surface area contributed by atoms with Gasteiger partial charge >= 0.3 is 0 Å². The van der Waals surface area contributed by atoms with Crippen molar-refractivity contribution in [1.82, 2.24) is 9.91 Å². The number of aryl methyl sites for hydroxylation is 2. The number of benzene rings is 2. The maximum absolute atomic E-state index is 13.4. The summed E-state index contributed by atoms with van der Waals surface area (Å²) in [7, 11) is 0. The zero-order chi connectivity index (χ0) is 22.8. The summed E-state index contributed by atoms with van der Waals surface area (Å²) in [6, 6.07) is 13.8. The molecule has 2 aromatic rings. The molecule has 7 heteroatoms. The monoisotopic (exact) mass is 452 g/mol. The van der Waals surface area contributed by atoms with Gasteiger partial charge in [-0.05, 0) is 69.1 Å². The molecule has 0 spiro atoms. The highest BCUT2D eigenvalue weighted by atomic mass is 35.5. The molecule has 0 radical (unpaired) electrons. The lowest BCUT2D eigenvalue weighted by molar-refractivity contribution is -0.134. The quantitative estimate of drug-likeness (QED) is 0.748. The Morgan fingerprint density at radius 3 is 2.44 bits per heavy atom. The Morgan fingerprint density at radius 2 is 1.78 bits per heavy atom. The normalized spacial score (nSPS) is 19.8. The minimum Gasteiger partial charge on any atom is -0.369 e. The van der Waals surface area contributed by atoms with E-state index in [4.69, 9.17) is 22.4 Å². The summed E-state index contributed by atoms with van der Waals surface area (Å²) in [5.74, 6) is -0.382. The average molecular weight is 453 g/mol. The molecule has 1 atom stereocenters. The number of amides is 2. The SMILES string of the molecule is Cc1ccc(C)c(C2=NN(C(=O)CN3CCC(C(N)=O)CC3)[C@H](c3ccc(Cl)cc3)C2)c1. The van der Waals surface area contributed by atoms with E-state index in [-0.39, 0.29) is 30.3 Å². The largest absolute Gasteiger partial charge is 0.369 e. The molecule has 1 fully saturated rings. The van der Waals surface area contributed by atoms with Gasteiger partial charge in [-0.15, -0.1) is 0 Å². The van der Waals surface area contributed by atoms with Crippen molar-refractivity contribution in [1.29, 1.82) is 0 Å². The summed E-state index contributed by atoms with van der Waals surface area (Å²) < 4.78 is 0. The Bertz CT molecular complexity index is 1040. The van der Waals surface area contributed by atoms with Gasteiger partial charge in [0, 0.05) is 22.9 Å². The fourth-order valence-electron chi connectivity index (χ4n) is 4.53. The summed E-state index contributed by atoms with van der Waals surface area (Å²) in [5.41, 5.74) is 10.8. The molecular weight excluding hydrogens is 424 g/mol. The van der Waals surface area contributed by atoms with Crippen LogP contribution >= 0.6 is 11.6 Å². The number of hydrogen-bond donors (Lipinski definition) is 1. The molecule has 2 amide bonds. The third-order valence-corrected chi connectivity index (χ3v) is 6.73. The standard InChI is InChI=1S/C25H29ClN4O2/c1-16-3-4-17(2)21(13-16)22-14-23(18-5-7-20(26)8-6-18)30(28-22)24(31)15-29-11-9-19(10-12-29)25(27)32/h3-8,13,19,23H,9-12,14-15H2,1-2H3,(H2,27,32)/t23-/m0/s1. The zero-order valence-corrected chi connectivity index (χ0v) is 19.3. The van der Waals surface area contributed by atoms with Gasteiger partial charge in [-0.2, -0.15) is 5.10 Å². The topological polar surface area (TPSA) is 79.0 Å². The number of piperidine rings is 1. The number of nitrogens with two attached hydrogens (primary N) is 1. The highest BCUT2D eigenvalue weighted by molar-refractivity contribution is 6.30. The third kappa shape index (κ3) is 4.87. The van der Waals surface area contributed by atoms with E-state index in [1.807, 2.05) is 24.3 Å². The van der Waals surface area contributed by atoms with Gasteiger partial charge in [-0.3, -0.25) is 14.5 Å². The highest BCUT2D eigenvalue weighted by Gasteiger charge is 2.35. The van der Waals surface area contributed by atoms with Crippen LogP contribution in [0.15, 0.2) is 47.6 Å². The fourth-order valence-corrected chi connectivity index (χ4v) is 4.66. The van der Waals surface area contributed by atoms with Gasteiger partial charge in [0.05, 0.1) is 18.3 Å². The average Bonchev–Trinajstić information content (AvgIpc) is 3.22. The maximum atomic E-state index is 13.4. The summed E-state index contributed by atoms with van der Waals surface area (Å²) in [4.78, 5) is 26.9. The van der Waals surface area contributed by atoms with Crippen LogP contribution in [0.1, 0.15) is 47.6 Å². The van der Waals surface area contributed by atoms with Crippen LogP contribution in [0.4, 0.5) is 0 Å². The first-order valence-electron chi connectivity index (χ1n) is 11.1. The van der Waals surface area contributed by atoms with E-state index in [0.717, 1.165) is 22.4 Å². The van der Waals surface area contributed by atoms with Crippen molar-refractivity contribution in [2.75, 3.05) is 19.6 Å². The molecule has 1 saturated heterocycles. The van der Waals surface area contributed by atoms with Gasteiger partial charge < -0.3 is 5.73 Å². The van der Waals surface area contributed by atoms with E-state index in [1.54, 1.807) is 5.01 Å². The number of hydrazone groups is 1. The van der Waals surface area contributed by atoms with E-state index in [0.29, 0.717) is 37.4 Å². The number of likely N-dealkylation sites (tertiary alicyclic amines) is 1. The van der Waals surface area contributed by atoms with Crippen LogP contribution in [0.5, 0.6) is 0 Å². The van der Waals surface area contributed by atoms with Crippen LogP contribution in [0.2, 0.25) is 5.02 Å². The maximum Gasteiger partial charge on any atom is 0.257 e. The van der Waals surface area contributed by atoms with Crippen molar-refractivity contribution in [2.24, 2.45) is 16.8 Å². The van der Waals surface area contributed by atoms with Crippen LogP contribution in [0, 0.1) is 19.8 Å². The molecule has 0 aliphatic carbocycles. The Labute approximate surface area is 194 Å². The van der Waals surface area contributed by atoms with Crippen molar-refractivity contribution < 1.29 is 9.59 Å². The van der Waals surface area contributed by atoms with Crippen LogP contribution in [-0.2, 0) is 9.59 Å². The second-order valence-corrected chi connectivity index (χ2v) is 9.26. The molecule has 0 aromatic heterocycles. The minimum absolute atomic E-state index is 0.0391. The van der Waals surface area contributed by atoms with Gasteiger partial charge in [0.1, 0.15) is 0 Å². The van der Waals surface area contributed by atoms with Crippen molar-refractivity contribution in [2.45, 2.75) is 39.2 Å². The summed E-state index contributed by atoms with van der Waals surface area (Å²) in [6.45, 7) is 5.79. The highest BCUT2D eigenvalue weighted by Crippen LogP contribution is 2.34. The van der Waals surface area contributed by atoms with Gasteiger partial charge in [0.15, 0.2) is 0 Å². The smallest absolute Gasteiger partial charge is 0.257 e. The lowest BCUT2D eigenvalue weighted by atomic mass is 9.95. The Morgan fingerprint density at radius 1 is 1.09 bits per heavy atom. The predicted molar refractivity (Wildman–Crippen MR) is 126 cm³/mol. The van der Waals surface area contributed by atoms with Crippen LogP contribution < -0.4 is 5.73 Å². The molecule has 4 rings (SSSR count). The molecule has 0 saturated carbocycles. The molecular formula is C25H29ClN4O2. The molecule has 2 heterocycles. The second-order valence-electron chi connectivity index (χ2n) is 8.83. The van der Waals surface area contributed by atoms with Crippen LogP contribution in [0.3, 0.4) is 0 Å². The van der Waals surface area contributed by atoms with Gasteiger partial charge in [-0.25, -0.2) is 5.01 Å². The molecule has 0 unspecified atom stereocenters. The molecule has 0 bridgehead atoms. The van der Waals surface area contributed by atoms with Gasteiger partial charge in [0.25, 0.3) is 5.91 Å². The first-order valence-corrected chi connectivity index (χ1v) is 11.4. The summed E-state index contributed by atoms with van der Waals surface area (Å²) in [6.07, 6.45) is 2.04. The molecule has 2 aromatic carbocycles. The molecule has 2 N–H and O–H groups in total. The minimum atomic E-state index is -0.249. The van der Waals surface area contributed by atoms with Crippen LogP contribution in [-0.4, -0.2) is 47.1 Å². The second kappa shape index (κ2) is 9.43. The fraction of sp³-hybridized carbons (Fsp3) is 0.400. The lowest BCUT2D eigenvalue weighted by Crippen LogP contribution is -2.43. The molecule has 6 nitrogen and oxygen atoms in total. The van der Waals surface area contributed by atoms with E-state index >= 15 is 0 Å². The summed E-state index contributed by atoms with van der Waals surface area (Å²) in [5, 5.41) is 7.12. The zero-order valence-electron chi connectivity index (χ0n) is 18.6. The van der Waals surface area contributed by atoms with Crippen LogP contribution in [0.25, 0.3) is 0 Å². The van der Waals surface area contributed by atoms with Gasteiger partial charge in [0.2, 0.25) is 5.91 Å². The lowest BCUT2D eigenvalue weighted by Gasteiger charge is -2.31. The Kier molecular flexibility index (Phi) is 6.63. The molecule has 168 valence electrons. The third-order valence-electron chi connectivity index (χ3n) is 6.47. The summed E-state index contributed by atoms with van der Waals surface area (Å²) >= 11 is 6.09. The van der Waals surface area contributed by atoms with E-state index in [9.17, 15) is 9.59 Å². The van der Waals surface area contributed by atoms with Crippen molar-refractivity contribution in [3.8, 4) is 0 Å². The Hall–Kier alpha value is -2.70. The molecule has 2 aliphatic rings. The van der Waals surface area contributed by atoms with E-state index in [2.05, 4.69) is 36.9 Å². The number of primary amides is 1. The molecule has 2 aliphatic heterocycles. The number of carbonyl (C=O) groups excluding carboxylic acids is 2. The predicted octanol–water partition coefficient (Wildman–Crippen LogP) is 3.83. The van der Waals surface area contributed by atoms with Crippen molar-refractivity contribution in [3.05, 3.63) is 69.7 Å².